The van der Waals surface area contributed by atoms with Gasteiger partial charge in [0.15, 0.2) is 5.60 Å². The second-order valence-corrected chi connectivity index (χ2v) is 13.3. The summed E-state index contributed by atoms with van der Waals surface area (Å²) in [7, 11) is 0. The number of aliphatic hydroxyl groups is 1. The van der Waals surface area contributed by atoms with Crippen LogP contribution < -0.4 is 15.4 Å². The van der Waals surface area contributed by atoms with E-state index in [9.17, 15) is 23.9 Å². The minimum absolute atomic E-state index is 0.117. The lowest BCUT2D eigenvalue weighted by atomic mass is 9.59. The van der Waals surface area contributed by atoms with Crippen LogP contribution in [0.5, 0.6) is 5.75 Å². The van der Waals surface area contributed by atoms with Crippen molar-refractivity contribution in [2.45, 2.75) is 75.5 Å². The first-order valence-corrected chi connectivity index (χ1v) is 16.3. The number of aryl methyl sites for hydroxylation is 1. The molecule has 2 saturated heterocycles. The quantitative estimate of drug-likeness (QED) is 0.278. The van der Waals surface area contributed by atoms with Gasteiger partial charge < -0.3 is 25.4 Å². The number of halogens is 3. The fourth-order valence-electron chi connectivity index (χ4n) is 7.49. The van der Waals surface area contributed by atoms with Gasteiger partial charge in [0.05, 0.1) is 12.1 Å². The normalized spacial score (nSPS) is 24.2. The minimum Gasteiger partial charge on any atom is -0.477 e. The second kappa shape index (κ2) is 12.2. The van der Waals surface area contributed by atoms with Crippen molar-refractivity contribution in [3.05, 3.63) is 92.7 Å². The zero-order valence-electron chi connectivity index (χ0n) is 25.8. The number of nitrogens with one attached hydrogen (secondary N) is 2. The first kappa shape index (κ1) is 32.3. The molecule has 46 heavy (non-hydrogen) atoms. The van der Waals surface area contributed by atoms with Crippen LogP contribution in [0.1, 0.15) is 73.7 Å². The zero-order valence-corrected chi connectivity index (χ0v) is 27.3. The van der Waals surface area contributed by atoms with Crippen LogP contribution in [0.25, 0.3) is 0 Å². The number of rotatable bonds is 7. The Morgan fingerprint density at radius 2 is 1.78 bits per heavy atom. The maximum Gasteiger partial charge on any atom is 0.266 e. The van der Waals surface area contributed by atoms with Crippen LogP contribution in [0.3, 0.4) is 0 Å². The van der Waals surface area contributed by atoms with Crippen molar-refractivity contribution >= 4 is 46.6 Å². The van der Waals surface area contributed by atoms with Gasteiger partial charge in [0.25, 0.3) is 5.91 Å². The molecule has 4 atom stereocenters. The monoisotopic (exact) mass is 667 g/mol. The van der Waals surface area contributed by atoms with E-state index in [0.717, 1.165) is 0 Å². The zero-order chi connectivity index (χ0) is 33.0. The van der Waals surface area contributed by atoms with Crippen molar-refractivity contribution in [1.82, 2.24) is 10.2 Å². The number of benzene rings is 3. The van der Waals surface area contributed by atoms with Crippen LogP contribution in [-0.2, 0) is 19.8 Å². The topological polar surface area (TPSA) is 108 Å². The van der Waals surface area contributed by atoms with Crippen molar-refractivity contribution < 1.29 is 28.6 Å². The molecule has 6 rings (SSSR count). The first-order valence-electron chi connectivity index (χ1n) is 15.6. The summed E-state index contributed by atoms with van der Waals surface area (Å²) >= 11 is 13.0. The Kier molecular flexibility index (Phi) is 8.54. The molecule has 0 radical (unpaired) electrons. The molecular weight excluding hydrogens is 632 g/mol. The van der Waals surface area contributed by atoms with Crippen LogP contribution in [0.15, 0.2) is 54.6 Å². The highest BCUT2D eigenvalue weighted by Crippen LogP contribution is 2.59. The van der Waals surface area contributed by atoms with Gasteiger partial charge in [-0.1, -0.05) is 49.2 Å². The molecular formula is C35H36Cl2FN3O5. The maximum atomic E-state index is 14.8. The molecule has 3 aliphatic heterocycles. The molecule has 3 amide bonds. The fourth-order valence-corrected chi connectivity index (χ4v) is 7.85. The second-order valence-electron chi connectivity index (χ2n) is 12.5. The Bertz CT molecular complexity index is 1730. The largest absolute Gasteiger partial charge is 0.477 e. The van der Waals surface area contributed by atoms with Crippen LogP contribution in [-0.4, -0.2) is 52.5 Å². The lowest BCUT2D eigenvalue weighted by molar-refractivity contribution is -0.148. The Balaban J connectivity index is 1.56. The number of fused-ring (bicyclic) bond motifs is 2. The third-order valence-corrected chi connectivity index (χ3v) is 10.4. The van der Waals surface area contributed by atoms with E-state index in [1.807, 2.05) is 13.8 Å². The number of carbonyl (C=O) groups excluding carboxylic acids is 3. The van der Waals surface area contributed by atoms with E-state index in [1.165, 1.54) is 12.1 Å². The van der Waals surface area contributed by atoms with Gasteiger partial charge in [0.1, 0.15) is 17.0 Å². The van der Waals surface area contributed by atoms with Crippen LogP contribution >= 0.6 is 23.2 Å². The minimum atomic E-state index is -1.47. The lowest BCUT2D eigenvalue weighted by Gasteiger charge is -2.47. The highest BCUT2D eigenvalue weighted by Gasteiger charge is 2.62. The first-order chi connectivity index (χ1) is 21.9. The molecule has 8 nitrogen and oxygen atoms in total. The van der Waals surface area contributed by atoms with E-state index < -0.39 is 40.8 Å². The summed E-state index contributed by atoms with van der Waals surface area (Å²) in [6.07, 6.45) is 0.440. The standard InChI is InChI=1S/C35H36Cl2FN3O5/c1-4-34(5-2,33(45)41-13-12-23(42)18-41)46-29-11-8-20(36)14-25(29)27-17-30(43)40-31(24-16-22(38)9-6-19(24)3)35(27)26-10-7-21(37)15-28(26)39-32(35)44/h6-11,14-16,23,27,31,42H,4-5,12-13,17-18H2,1-3H3,(H,39,44)(H,40,43)/t23-,27+,31-,35?/m0/s1. The number of likely N-dealkylation sites (tertiary alicyclic amines) is 1. The smallest absolute Gasteiger partial charge is 0.266 e. The summed E-state index contributed by atoms with van der Waals surface area (Å²) in [4.78, 5) is 43.8. The molecule has 3 aromatic carbocycles. The number of anilines is 1. The molecule has 11 heteroatoms. The summed E-state index contributed by atoms with van der Waals surface area (Å²) in [5.74, 6) is -2.02. The molecule has 0 bridgehead atoms. The van der Waals surface area contributed by atoms with Crippen LogP contribution in [0.4, 0.5) is 10.1 Å². The van der Waals surface area contributed by atoms with Crippen molar-refractivity contribution in [2.24, 2.45) is 0 Å². The maximum absolute atomic E-state index is 14.8. The average molecular weight is 669 g/mol. The van der Waals surface area contributed by atoms with E-state index in [2.05, 4.69) is 10.6 Å². The number of hydrogen-bond donors (Lipinski definition) is 3. The summed E-state index contributed by atoms with van der Waals surface area (Å²) in [6.45, 7) is 6.17. The molecule has 0 aromatic heterocycles. The Hall–Kier alpha value is -3.66. The number of nitrogens with zero attached hydrogens (tertiary/aromatic N) is 1. The van der Waals surface area contributed by atoms with Gasteiger partial charge in [-0.15, -0.1) is 0 Å². The lowest BCUT2D eigenvalue weighted by Crippen LogP contribution is -2.57. The van der Waals surface area contributed by atoms with E-state index in [1.54, 1.807) is 54.3 Å². The van der Waals surface area contributed by atoms with Crippen molar-refractivity contribution in [3.8, 4) is 5.75 Å². The molecule has 242 valence electrons. The molecule has 0 saturated carbocycles. The third-order valence-electron chi connectivity index (χ3n) is 9.94. The summed E-state index contributed by atoms with van der Waals surface area (Å²) < 4.78 is 21.6. The SMILES string of the molecule is CCC(CC)(Oc1ccc(Cl)cc1[C@H]1CC(=O)N[C@@H](c2cc(F)ccc2C)C12C(=O)Nc1cc(Cl)ccc12)C(=O)N1CC[C@H](O)C1. The Morgan fingerprint density at radius 3 is 2.48 bits per heavy atom. The molecule has 3 N–H and O–H groups in total. The number of piperidine rings is 1. The molecule has 3 heterocycles. The molecule has 3 aliphatic rings. The van der Waals surface area contributed by atoms with Gasteiger partial charge in [-0.25, -0.2) is 4.39 Å². The molecule has 0 aliphatic carbocycles. The Morgan fingerprint density at radius 1 is 1.07 bits per heavy atom. The predicted octanol–water partition coefficient (Wildman–Crippen LogP) is 6.21. The van der Waals surface area contributed by atoms with Crippen LogP contribution in [0, 0.1) is 12.7 Å². The number of carbonyl (C=O) groups is 3. The van der Waals surface area contributed by atoms with Gasteiger partial charge in [0.2, 0.25) is 11.8 Å². The van der Waals surface area contributed by atoms with E-state index in [-0.39, 0.29) is 24.8 Å². The van der Waals surface area contributed by atoms with Crippen molar-refractivity contribution in [2.75, 3.05) is 18.4 Å². The summed E-state index contributed by atoms with van der Waals surface area (Å²) in [6, 6.07) is 13.4. The van der Waals surface area contributed by atoms with Gasteiger partial charge in [-0.05, 0) is 85.3 Å². The molecule has 3 aromatic rings. The van der Waals surface area contributed by atoms with E-state index in [4.69, 9.17) is 27.9 Å². The number of β-amino-alcohol motifs (C(OH)–C–C–N with tert-alkyl or cyclic N) is 1. The summed E-state index contributed by atoms with van der Waals surface area (Å²) in [5, 5.41) is 16.9. The molecule has 2 fully saturated rings. The van der Waals surface area contributed by atoms with Gasteiger partial charge in [-0.3, -0.25) is 14.4 Å². The fraction of sp³-hybridized carbons (Fsp3) is 0.400. The number of aliphatic hydroxyl groups excluding tert-OH is 1. The van der Waals surface area contributed by atoms with Crippen molar-refractivity contribution in [3.63, 3.8) is 0 Å². The number of amides is 3. The van der Waals surface area contributed by atoms with E-state index in [0.29, 0.717) is 69.5 Å². The third kappa shape index (κ3) is 5.22. The molecule has 1 spiro atoms. The predicted molar refractivity (Wildman–Crippen MR) is 174 cm³/mol. The summed E-state index contributed by atoms with van der Waals surface area (Å²) in [5.41, 5.74) is -0.0522. The van der Waals surface area contributed by atoms with Crippen LogP contribution in [0.2, 0.25) is 10.0 Å². The highest BCUT2D eigenvalue weighted by molar-refractivity contribution is 6.31. The van der Waals surface area contributed by atoms with Gasteiger partial charge >= 0.3 is 0 Å². The van der Waals surface area contributed by atoms with E-state index >= 15 is 0 Å². The average Bonchev–Trinajstić information content (AvgIpc) is 3.58. The number of hydrogen-bond acceptors (Lipinski definition) is 5. The Labute approximate surface area is 277 Å². The number of ether oxygens (including phenoxy) is 1. The van der Waals surface area contributed by atoms with Gasteiger partial charge in [-0.2, -0.15) is 0 Å². The van der Waals surface area contributed by atoms with Gasteiger partial charge in [0, 0.05) is 46.7 Å². The highest BCUT2D eigenvalue weighted by atomic mass is 35.5. The van der Waals surface area contributed by atoms with Crippen molar-refractivity contribution in [1.29, 1.82) is 0 Å². The molecule has 1 unspecified atom stereocenters.